The lowest BCUT2D eigenvalue weighted by Gasteiger charge is -2.22. The minimum Gasteiger partial charge on any atom is -0.444 e. The van der Waals surface area contributed by atoms with Crippen LogP contribution in [0.4, 0.5) is 4.79 Å². The summed E-state index contributed by atoms with van der Waals surface area (Å²) in [5.41, 5.74) is 6.29. The average molecular weight is 458 g/mol. The number of carbonyl (C=O) groups is 3. The number of aromatic nitrogens is 1. The number of alkyl carbamates (subject to hydrolysis) is 1. The fourth-order valence-electron chi connectivity index (χ4n) is 2.45. The number of nitrogens with zero attached hydrogens (tertiary/aromatic N) is 2. The Bertz CT molecular complexity index is 927. The Hall–Kier alpha value is -3.95. The van der Waals surface area contributed by atoms with Crippen LogP contribution in [0.5, 0.6) is 0 Å². The van der Waals surface area contributed by atoms with E-state index >= 15 is 0 Å². The van der Waals surface area contributed by atoms with Crippen molar-refractivity contribution in [2.75, 3.05) is 0 Å². The van der Waals surface area contributed by atoms with Gasteiger partial charge in [0.05, 0.1) is 0 Å². The highest BCUT2D eigenvalue weighted by molar-refractivity contribution is 5.95. The van der Waals surface area contributed by atoms with Crippen molar-refractivity contribution in [1.82, 2.24) is 10.3 Å². The van der Waals surface area contributed by atoms with E-state index in [1.807, 2.05) is 36.4 Å². The molecule has 10 heteroatoms. The maximum absolute atomic E-state index is 12.0. The molecule has 2 rings (SSSR count). The number of nitrogens with two attached hydrogens (primary N) is 2. The number of aryl methyl sites for hydroxylation is 1. The van der Waals surface area contributed by atoms with Gasteiger partial charge in [0.25, 0.3) is 0 Å². The first-order chi connectivity index (χ1) is 15.5. The molecule has 0 fully saturated rings. The highest BCUT2D eigenvalue weighted by Gasteiger charge is 2.26. The summed E-state index contributed by atoms with van der Waals surface area (Å²) in [5.74, 6) is 3.67. The van der Waals surface area contributed by atoms with Crippen molar-refractivity contribution in [3.63, 3.8) is 0 Å². The lowest BCUT2D eigenvalue weighted by Crippen LogP contribution is -2.44. The number of pyridine rings is 1. The molecule has 2 aromatic rings. The van der Waals surface area contributed by atoms with Crippen LogP contribution in [0.25, 0.3) is 0 Å². The molecular weight excluding hydrogens is 426 g/mol. The molecule has 1 heterocycles. The number of amidine groups is 1. The summed E-state index contributed by atoms with van der Waals surface area (Å²) in [4.78, 5) is 38.7. The molecule has 178 valence electrons. The predicted molar refractivity (Wildman–Crippen MR) is 124 cm³/mol. The molecule has 5 N–H and O–H groups in total. The van der Waals surface area contributed by atoms with E-state index in [0.717, 1.165) is 12.5 Å². The summed E-state index contributed by atoms with van der Waals surface area (Å²) in [5, 5.41) is 5.75. The predicted octanol–water partition coefficient (Wildman–Crippen LogP) is 2.26. The van der Waals surface area contributed by atoms with Crippen molar-refractivity contribution >= 4 is 23.9 Å². The van der Waals surface area contributed by atoms with Crippen molar-refractivity contribution in [3.05, 3.63) is 66.0 Å². The molecule has 0 saturated heterocycles. The molecule has 0 aliphatic carbocycles. The molecular formula is C23H31N5O5. The minimum atomic E-state index is -0.950. The zero-order chi connectivity index (χ0) is 24.9. The molecule has 0 radical (unpaired) electrons. The molecule has 1 aromatic heterocycles. The number of amides is 1. The van der Waals surface area contributed by atoms with Crippen LogP contribution in [0.15, 0.2) is 59.8 Å². The Morgan fingerprint density at radius 3 is 2.24 bits per heavy atom. The van der Waals surface area contributed by atoms with Crippen molar-refractivity contribution in [1.29, 1.82) is 0 Å². The van der Waals surface area contributed by atoms with Gasteiger partial charge in [0, 0.05) is 13.1 Å². The molecule has 0 aliphatic rings. The van der Waals surface area contributed by atoms with Crippen LogP contribution in [0, 0.1) is 0 Å². The van der Waals surface area contributed by atoms with Crippen LogP contribution in [-0.4, -0.2) is 40.5 Å². The summed E-state index contributed by atoms with van der Waals surface area (Å²) in [7, 11) is 0. The van der Waals surface area contributed by atoms with E-state index < -0.39 is 29.7 Å². The summed E-state index contributed by atoms with van der Waals surface area (Å²) >= 11 is 0. The first-order valence-electron chi connectivity index (χ1n) is 10.2. The first-order valence-corrected chi connectivity index (χ1v) is 10.2. The zero-order valence-electron chi connectivity index (χ0n) is 19.3. The van der Waals surface area contributed by atoms with Crippen LogP contribution in [-0.2, 0) is 25.5 Å². The summed E-state index contributed by atoms with van der Waals surface area (Å²) < 4.78 is 9.72. The Balaban J connectivity index is 0.000000451. The van der Waals surface area contributed by atoms with Crippen LogP contribution in [0.3, 0.4) is 0 Å². The normalized spacial score (nSPS) is 11.9. The molecule has 33 heavy (non-hydrogen) atoms. The fraction of sp³-hybridized carbons (Fsp3) is 0.348. The fourth-order valence-corrected chi connectivity index (χ4v) is 2.45. The molecule has 10 nitrogen and oxygen atoms in total. The highest BCUT2D eigenvalue weighted by atomic mass is 16.6. The number of carbonyl (C=O) groups excluding carboxylic acids is 3. The largest absolute Gasteiger partial charge is 0.444 e. The van der Waals surface area contributed by atoms with Gasteiger partial charge in [-0.15, -0.1) is 0 Å². The smallest absolute Gasteiger partial charge is 0.408 e. The van der Waals surface area contributed by atoms with E-state index in [9.17, 15) is 14.4 Å². The van der Waals surface area contributed by atoms with E-state index in [1.54, 1.807) is 39.1 Å². The van der Waals surface area contributed by atoms with E-state index in [0.29, 0.717) is 18.5 Å². The summed E-state index contributed by atoms with van der Waals surface area (Å²) in [6, 6.07) is 13.9. The Kier molecular flexibility index (Phi) is 11.0. The summed E-state index contributed by atoms with van der Waals surface area (Å²) in [6.45, 7) is 6.30. The molecule has 1 aromatic carbocycles. The first kappa shape index (κ1) is 27.1. The number of hydrogen-bond donors (Lipinski definition) is 3. The SMILES string of the molecule is CC(=O)OC(=O)[C@@H](CCc1ccccc1)NC(=O)OC(C)(C)C.N/N=C(\N)c1ccccn1. The zero-order valence-corrected chi connectivity index (χ0v) is 19.3. The van der Waals surface area contributed by atoms with Gasteiger partial charge in [0.1, 0.15) is 17.3 Å². The van der Waals surface area contributed by atoms with Crippen molar-refractivity contribution in [3.8, 4) is 0 Å². The van der Waals surface area contributed by atoms with Crippen LogP contribution in [0.2, 0.25) is 0 Å². The molecule has 1 amide bonds. The van der Waals surface area contributed by atoms with Gasteiger partial charge in [-0.1, -0.05) is 36.4 Å². The van der Waals surface area contributed by atoms with E-state index in [2.05, 4.69) is 20.1 Å². The number of nitrogens with one attached hydrogen (secondary N) is 1. The van der Waals surface area contributed by atoms with E-state index in [1.165, 1.54) is 0 Å². The van der Waals surface area contributed by atoms with Gasteiger partial charge in [-0.05, 0) is 51.3 Å². The third kappa shape index (κ3) is 11.9. The van der Waals surface area contributed by atoms with E-state index in [4.69, 9.17) is 16.3 Å². The van der Waals surface area contributed by atoms with Gasteiger partial charge in [0.2, 0.25) is 0 Å². The topological polar surface area (TPSA) is 159 Å². The molecule has 0 saturated carbocycles. The molecule has 0 aliphatic heterocycles. The second-order valence-corrected chi connectivity index (χ2v) is 7.87. The molecule has 0 unspecified atom stereocenters. The quantitative estimate of drug-likeness (QED) is 0.149. The third-order valence-electron chi connectivity index (χ3n) is 3.85. The van der Waals surface area contributed by atoms with Gasteiger partial charge in [-0.25, -0.2) is 9.59 Å². The van der Waals surface area contributed by atoms with Crippen LogP contribution in [0.1, 0.15) is 45.4 Å². The Morgan fingerprint density at radius 2 is 1.73 bits per heavy atom. The van der Waals surface area contributed by atoms with Crippen molar-refractivity contribution in [2.45, 2.75) is 52.2 Å². The second-order valence-electron chi connectivity index (χ2n) is 7.87. The van der Waals surface area contributed by atoms with Gasteiger partial charge >= 0.3 is 18.0 Å². The van der Waals surface area contributed by atoms with Crippen LogP contribution >= 0.6 is 0 Å². The lowest BCUT2D eigenvalue weighted by atomic mass is 10.1. The number of ether oxygens (including phenoxy) is 2. The maximum Gasteiger partial charge on any atom is 0.408 e. The number of esters is 2. The Morgan fingerprint density at radius 1 is 1.09 bits per heavy atom. The number of benzene rings is 1. The van der Waals surface area contributed by atoms with Crippen molar-refractivity contribution < 1.29 is 23.9 Å². The molecule has 0 bridgehead atoms. The number of hydrazone groups is 1. The van der Waals surface area contributed by atoms with Crippen LogP contribution < -0.4 is 16.9 Å². The number of hydrogen-bond acceptors (Lipinski definition) is 8. The van der Waals surface area contributed by atoms with Gasteiger partial charge < -0.3 is 26.4 Å². The maximum atomic E-state index is 12.0. The van der Waals surface area contributed by atoms with Gasteiger partial charge in [-0.3, -0.25) is 9.78 Å². The summed E-state index contributed by atoms with van der Waals surface area (Å²) in [6.07, 6.45) is 1.76. The van der Waals surface area contributed by atoms with Crippen molar-refractivity contribution in [2.24, 2.45) is 16.7 Å². The van der Waals surface area contributed by atoms with Gasteiger partial charge in [0.15, 0.2) is 5.84 Å². The van der Waals surface area contributed by atoms with Gasteiger partial charge in [-0.2, -0.15) is 5.10 Å². The molecule has 0 spiro atoms. The monoisotopic (exact) mass is 457 g/mol. The average Bonchev–Trinajstić information content (AvgIpc) is 2.76. The Labute approximate surface area is 193 Å². The minimum absolute atomic E-state index is 0.251. The molecule has 1 atom stereocenters. The number of rotatable bonds is 6. The standard InChI is InChI=1S/C17H23NO5.C6H8N4/c1-12(19)22-15(20)14(18-16(21)23-17(2,3)4)11-10-13-8-6-5-7-9-13;7-6(10-8)5-3-1-2-4-9-5/h5-9,14H,10-11H2,1-4H3,(H,18,21);1-4H,8H2,(H2,7,10)/t14-;/m1./s1. The van der Waals surface area contributed by atoms with E-state index in [-0.39, 0.29) is 5.84 Å². The second kappa shape index (κ2) is 13.5. The third-order valence-corrected chi connectivity index (χ3v) is 3.85. The lowest BCUT2D eigenvalue weighted by molar-refractivity contribution is -0.159. The highest BCUT2D eigenvalue weighted by Crippen LogP contribution is 2.10.